The molecular formula is C15H21N. The number of hydrogen-bond donors (Lipinski definition) is 0. The minimum atomic E-state index is 1.16. The zero-order valence-corrected chi connectivity index (χ0v) is 10.4. The van der Waals surface area contributed by atoms with Crippen LogP contribution >= 0.6 is 0 Å². The maximum absolute atomic E-state index is 4.76. The number of fused-ring (bicyclic) bond motifs is 1. The third-order valence-corrected chi connectivity index (χ3v) is 3.27. The van der Waals surface area contributed by atoms with Crippen LogP contribution in [0.15, 0.2) is 40.1 Å². The quantitative estimate of drug-likeness (QED) is 0.615. The van der Waals surface area contributed by atoms with Crippen LogP contribution in [0.5, 0.6) is 0 Å². The third kappa shape index (κ3) is 2.18. The third-order valence-electron chi connectivity index (χ3n) is 3.27. The van der Waals surface area contributed by atoms with E-state index in [1.807, 2.05) is 0 Å². The van der Waals surface area contributed by atoms with Crippen LogP contribution in [0.1, 0.15) is 52.4 Å². The molecule has 2 rings (SSSR count). The first-order chi connectivity index (χ1) is 7.86. The van der Waals surface area contributed by atoms with Gasteiger partial charge in [0.25, 0.3) is 0 Å². The molecule has 0 saturated carbocycles. The normalized spacial score (nSPS) is 17.9. The molecule has 16 heavy (non-hydrogen) atoms. The Labute approximate surface area is 98.7 Å². The summed E-state index contributed by atoms with van der Waals surface area (Å²) in [6.07, 6.45) is 13.9. The Morgan fingerprint density at radius 3 is 2.56 bits per heavy atom. The monoisotopic (exact) mass is 215 g/mol. The van der Waals surface area contributed by atoms with Crippen molar-refractivity contribution in [2.75, 3.05) is 0 Å². The van der Waals surface area contributed by atoms with E-state index in [0.717, 1.165) is 6.42 Å². The molecule has 0 spiro atoms. The van der Waals surface area contributed by atoms with Gasteiger partial charge in [-0.1, -0.05) is 38.8 Å². The highest BCUT2D eigenvalue weighted by Crippen LogP contribution is 2.34. The van der Waals surface area contributed by atoms with Gasteiger partial charge in [0, 0.05) is 11.3 Å². The number of nitrogens with zero attached hydrogens (tertiary/aromatic N) is 1. The lowest BCUT2D eigenvalue weighted by atomic mass is 9.97. The van der Waals surface area contributed by atoms with Gasteiger partial charge < -0.3 is 0 Å². The zero-order valence-electron chi connectivity index (χ0n) is 10.4. The molecule has 86 valence electrons. The molecule has 0 unspecified atom stereocenters. The van der Waals surface area contributed by atoms with Gasteiger partial charge in [0.1, 0.15) is 0 Å². The highest BCUT2D eigenvalue weighted by molar-refractivity contribution is 6.16. The summed E-state index contributed by atoms with van der Waals surface area (Å²) in [5.41, 5.74) is 5.49. The van der Waals surface area contributed by atoms with Gasteiger partial charge in [-0.2, -0.15) is 0 Å². The van der Waals surface area contributed by atoms with E-state index < -0.39 is 0 Å². The van der Waals surface area contributed by atoms with Crippen molar-refractivity contribution >= 4 is 5.71 Å². The Morgan fingerprint density at radius 2 is 1.81 bits per heavy atom. The van der Waals surface area contributed by atoms with Gasteiger partial charge in [-0.3, -0.25) is 4.99 Å². The Bertz CT molecular complexity index is 370. The van der Waals surface area contributed by atoms with E-state index in [0.29, 0.717) is 0 Å². The van der Waals surface area contributed by atoms with E-state index in [1.54, 1.807) is 0 Å². The zero-order chi connectivity index (χ0) is 11.4. The maximum Gasteiger partial charge on any atom is 0.0708 e. The SMILES string of the molecule is CCCCC1=C(CCCC)C2=CC=CC2=N1. The number of allylic oxidation sites excluding steroid dienone is 6. The van der Waals surface area contributed by atoms with Crippen LogP contribution in [0.4, 0.5) is 0 Å². The number of unbranched alkanes of at least 4 members (excludes halogenated alkanes) is 2. The van der Waals surface area contributed by atoms with Crippen LogP contribution in [0.25, 0.3) is 0 Å². The van der Waals surface area contributed by atoms with E-state index in [2.05, 4.69) is 32.1 Å². The molecule has 1 aliphatic carbocycles. The minimum Gasteiger partial charge on any atom is -0.253 e. The first-order valence-electron chi connectivity index (χ1n) is 6.56. The summed E-state index contributed by atoms with van der Waals surface area (Å²) in [5, 5.41) is 0. The largest absolute Gasteiger partial charge is 0.253 e. The second-order valence-electron chi connectivity index (χ2n) is 4.57. The van der Waals surface area contributed by atoms with E-state index in [9.17, 15) is 0 Å². The molecule has 0 saturated heterocycles. The van der Waals surface area contributed by atoms with E-state index in [-0.39, 0.29) is 0 Å². The van der Waals surface area contributed by atoms with Gasteiger partial charge in [0.2, 0.25) is 0 Å². The second-order valence-corrected chi connectivity index (χ2v) is 4.57. The first-order valence-corrected chi connectivity index (χ1v) is 6.56. The van der Waals surface area contributed by atoms with Crippen molar-refractivity contribution in [1.29, 1.82) is 0 Å². The van der Waals surface area contributed by atoms with Gasteiger partial charge >= 0.3 is 0 Å². The molecule has 0 amide bonds. The Morgan fingerprint density at radius 1 is 1.06 bits per heavy atom. The van der Waals surface area contributed by atoms with Crippen molar-refractivity contribution in [2.24, 2.45) is 4.99 Å². The van der Waals surface area contributed by atoms with Crippen LogP contribution < -0.4 is 0 Å². The van der Waals surface area contributed by atoms with E-state index in [1.165, 1.54) is 54.7 Å². The molecule has 0 fully saturated rings. The van der Waals surface area contributed by atoms with Crippen LogP contribution in [-0.4, -0.2) is 5.71 Å². The summed E-state index contributed by atoms with van der Waals surface area (Å²) in [4.78, 5) is 4.76. The smallest absolute Gasteiger partial charge is 0.0708 e. The molecule has 1 heterocycles. The van der Waals surface area contributed by atoms with Gasteiger partial charge in [-0.15, -0.1) is 0 Å². The summed E-state index contributed by atoms with van der Waals surface area (Å²) in [7, 11) is 0. The maximum atomic E-state index is 4.76. The van der Waals surface area contributed by atoms with Crippen molar-refractivity contribution in [2.45, 2.75) is 52.4 Å². The average molecular weight is 215 g/mol. The van der Waals surface area contributed by atoms with Gasteiger partial charge in [-0.25, -0.2) is 0 Å². The first kappa shape index (κ1) is 11.4. The molecule has 1 aliphatic heterocycles. The lowest BCUT2D eigenvalue weighted by Crippen LogP contribution is -1.93. The second kappa shape index (κ2) is 5.29. The average Bonchev–Trinajstić information content (AvgIpc) is 2.84. The number of hydrogen-bond acceptors (Lipinski definition) is 1. The summed E-state index contributed by atoms with van der Waals surface area (Å²) < 4.78 is 0. The fourth-order valence-electron chi connectivity index (χ4n) is 2.32. The van der Waals surface area contributed by atoms with Crippen molar-refractivity contribution in [3.63, 3.8) is 0 Å². The fraction of sp³-hybridized carbons (Fsp3) is 0.533. The van der Waals surface area contributed by atoms with Crippen molar-refractivity contribution in [1.82, 2.24) is 0 Å². The van der Waals surface area contributed by atoms with Gasteiger partial charge in [-0.05, 0) is 37.3 Å². The molecule has 0 aromatic heterocycles. The number of aliphatic imine (C=N–C) groups is 1. The van der Waals surface area contributed by atoms with Crippen LogP contribution in [-0.2, 0) is 0 Å². The lowest BCUT2D eigenvalue weighted by molar-refractivity contribution is 0.753. The van der Waals surface area contributed by atoms with Crippen molar-refractivity contribution in [3.05, 3.63) is 35.1 Å². The van der Waals surface area contributed by atoms with Crippen LogP contribution in [0.2, 0.25) is 0 Å². The van der Waals surface area contributed by atoms with E-state index in [4.69, 9.17) is 4.99 Å². The molecule has 0 atom stereocenters. The Kier molecular flexibility index (Phi) is 3.76. The highest BCUT2D eigenvalue weighted by atomic mass is 14.8. The molecule has 1 nitrogen and oxygen atoms in total. The summed E-state index contributed by atoms with van der Waals surface area (Å²) in [6, 6.07) is 0. The van der Waals surface area contributed by atoms with Crippen LogP contribution in [0, 0.1) is 0 Å². The predicted molar refractivity (Wildman–Crippen MR) is 70.7 cm³/mol. The summed E-state index contributed by atoms with van der Waals surface area (Å²) in [5.74, 6) is 0. The van der Waals surface area contributed by atoms with Crippen molar-refractivity contribution in [3.8, 4) is 0 Å². The molecule has 0 aromatic rings. The predicted octanol–water partition coefficient (Wildman–Crippen LogP) is 4.57. The molecule has 0 aromatic carbocycles. The molecule has 0 bridgehead atoms. The van der Waals surface area contributed by atoms with Gasteiger partial charge in [0.05, 0.1) is 5.71 Å². The fourth-order valence-corrected chi connectivity index (χ4v) is 2.32. The van der Waals surface area contributed by atoms with Crippen LogP contribution in [0.3, 0.4) is 0 Å². The number of rotatable bonds is 6. The minimum absolute atomic E-state index is 1.16. The molecular weight excluding hydrogens is 194 g/mol. The highest BCUT2D eigenvalue weighted by Gasteiger charge is 2.22. The van der Waals surface area contributed by atoms with E-state index >= 15 is 0 Å². The molecule has 0 radical (unpaired) electrons. The Balaban J connectivity index is 2.13. The lowest BCUT2D eigenvalue weighted by Gasteiger charge is -2.06. The molecule has 2 aliphatic rings. The summed E-state index contributed by atoms with van der Waals surface area (Å²) >= 11 is 0. The Hall–Kier alpha value is -1.11. The summed E-state index contributed by atoms with van der Waals surface area (Å²) in [6.45, 7) is 4.50. The van der Waals surface area contributed by atoms with Gasteiger partial charge in [0.15, 0.2) is 0 Å². The van der Waals surface area contributed by atoms with Crippen molar-refractivity contribution < 1.29 is 0 Å². The standard InChI is InChI=1S/C15H21N/c1-3-5-8-12-13-9-7-11-15(13)16-14(12)10-6-4-2/h7,9,11H,3-6,8,10H2,1-2H3. The molecule has 0 N–H and O–H groups in total. The topological polar surface area (TPSA) is 12.4 Å². The molecule has 1 heteroatoms.